The van der Waals surface area contributed by atoms with Crippen molar-refractivity contribution < 1.29 is 5.11 Å². The SMILES string of the molecule is CC1CCC(C(O)Cc2ccccc2Cl)CC1. The van der Waals surface area contributed by atoms with Crippen LogP contribution in [0.2, 0.25) is 5.02 Å². The molecule has 94 valence electrons. The fourth-order valence-corrected chi connectivity index (χ4v) is 2.94. The zero-order valence-corrected chi connectivity index (χ0v) is 11.2. The van der Waals surface area contributed by atoms with E-state index >= 15 is 0 Å². The van der Waals surface area contributed by atoms with E-state index in [9.17, 15) is 5.11 Å². The highest BCUT2D eigenvalue weighted by atomic mass is 35.5. The fraction of sp³-hybridized carbons (Fsp3) is 0.600. The van der Waals surface area contributed by atoms with Crippen LogP contribution in [0.4, 0.5) is 0 Å². The number of aliphatic hydroxyl groups excluding tert-OH is 1. The van der Waals surface area contributed by atoms with Crippen molar-refractivity contribution >= 4 is 11.6 Å². The van der Waals surface area contributed by atoms with E-state index in [0.717, 1.165) is 29.3 Å². The van der Waals surface area contributed by atoms with E-state index in [1.54, 1.807) is 0 Å². The third kappa shape index (κ3) is 3.46. The van der Waals surface area contributed by atoms with Gasteiger partial charge in [0, 0.05) is 11.4 Å². The van der Waals surface area contributed by atoms with Gasteiger partial charge in [-0.2, -0.15) is 0 Å². The highest BCUT2D eigenvalue weighted by molar-refractivity contribution is 6.31. The Kier molecular flexibility index (Phi) is 4.47. The molecule has 0 saturated heterocycles. The van der Waals surface area contributed by atoms with Crippen LogP contribution in [0.5, 0.6) is 0 Å². The van der Waals surface area contributed by atoms with Gasteiger partial charge in [-0.25, -0.2) is 0 Å². The summed E-state index contributed by atoms with van der Waals surface area (Å²) in [5.41, 5.74) is 1.07. The van der Waals surface area contributed by atoms with Gasteiger partial charge in [0.05, 0.1) is 6.10 Å². The van der Waals surface area contributed by atoms with Crippen LogP contribution in [0.1, 0.15) is 38.2 Å². The molecule has 0 aromatic heterocycles. The van der Waals surface area contributed by atoms with Crippen LogP contribution in [0.3, 0.4) is 0 Å². The predicted molar refractivity (Wildman–Crippen MR) is 72.3 cm³/mol. The van der Waals surface area contributed by atoms with Crippen molar-refractivity contribution in [3.8, 4) is 0 Å². The van der Waals surface area contributed by atoms with Gasteiger partial charge in [0.2, 0.25) is 0 Å². The molecule has 1 aromatic rings. The number of hydrogen-bond acceptors (Lipinski definition) is 1. The first kappa shape index (κ1) is 12.9. The molecule has 1 aromatic carbocycles. The molecular weight excluding hydrogens is 232 g/mol. The Labute approximate surface area is 109 Å². The Morgan fingerprint density at radius 1 is 1.24 bits per heavy atom. The van der Waals surface area contributed by atoms with Gasteiger partial charge in [0.1, 0.15) is 0 Å². The van der Waals surface area contributed by atoms with E-state index in [1.807, 2.05) is 24.3 Å². The second-order valence-electron chi connectivity index (χ2n) is 5.38. The van der Waals surface area contributed by atoms with Gasteiger partial charge in [0.25, 0.3) is 0 Å². The quantitative estimate of drug-likeness (QED) is 0.860. The smallest absolute Gasteiger partial charge is 0.0609 e. The maximum Gasteiger partial charge on any atom is 0.0609 e. The maximum absolute atomic E-state index is 10.3. The van der Waals surface area contributed by atoms with Crippen molar-refractivity contribution in [2.24, 2.45) is 11.8 Å². The Morgan fingerprint density at radius 3 is 2.53 bits per heavy atom. The van der Waals surface area contributed by atoms with Crippen LogP contribution in [0.25, 0.3) is 0 Å². The molecular formula is C15H21ClO. The first-order chi connectivity index (χ1) is 8.16. The van der Waals surface area contributed by atoms with Crippen LogP contribution < -0.4 is 0 Å². The molecule has 1 saturated carbocycles. The number of rotatable bonds is 3. The van der Waals surface area contributed by atoms with E-state index < -0.39 is 0 Å². The summed E-state index contributed by atoms with van der Waals surface area (Å²) in [7, 11) is 0. The molecule has 1 aliphatic carbocycles. The Hall–Kier alpha value is -0.530. The van der Waals surface area contributed by atoms with Gasteiger partial charge in [-0.15, -0.1) is 0 Å². The fourth-order valence-electron chi connectivity index (χ4n) is 2.73. The number of halogens is 1. The molecule has 0 aliphatic heterocycles. The van der Waals surface area contributed by atoms with Crippen molar-refractivity contribution in [2.75, 3.05) is 0 Å². The zero-order chi connectivity index (χ0) is 12.3. The van der Waals surface area contributed by atoms with Crippen LogP contribution >= 0.6 is 11.6 Å². The molecule has 1 unspecified atom stereocenters. The lowest BCUT2D eigenvalue weighted by molar-refractivity contribution is 0.0761. The summed E-state index contributed by atoms with van der Waals surface area (Å²) in [6, 6.07) is 7.82. The van der Waals surface area contributed by atoms with Crippen LogP contribution in [-0.2, 0) is 6.42 Å². The Morgan fingerprint density at radius 2 is 1.88 bits per heavy atom. The summed E-state index contributed by atoms with van der Waals surface area (Å²) >= 11 is 6.12. The summed E-state index contributed by atoms with van der Waals surface area (Å²) in [5.74, 6) is 1.29. The monoisotopic (exact) mass is 252 g/mol. The summed E-state index contributed by atoms with van der Waals surface area (Å²) in [5, 5.41) is 11.1. The van der Waals surface area contributed by atoms with Gasteiger partial charge in [-0.05, 0) is 36.3 Å². The molecule has 1 fully saturated rings. The normalized spacial score (nSPS) is 26.8. The Bertz CT molecular complexity index is 356. The molecule has 0 radical (unpaired) electrons. The molecule has 0 bridgehead atoms. The molecule has 1 atom stereocenters. The van der Waals surface area contributed by atoms with E-state index in [-0.39, 0.29) is 6.10 Å². The lowest BCUT2D eigenvalue weighted by atomic mass is 9.79. The summed E-state index contributed by atoms with van der Waals surface area (Å²) < 4.78 is 0. The summed E-state index contributed by atoms with van der Waals surface area (Å²) in [6.07, 6.45) is 5.29. The van der Waals surface area contributed by atoms with Crippen molar-refractivity contribution in [1.82, 2.24) is 0 Å². The van der Waals surface area contributed by atoms with E-state index in [2.05, 4.69) is 6.92 Å². The lowest BCUT2D eigenvalue weighted by Crippen LogP contribution is -2.27. The first-order valence-electron chi connectivity index (χ1n) is 6.58. The largest absolute Gasteiger partial charge is 0.392 e. The van der Waals surface area contributed by atoms with Crippen molar-refractivity contribution in [2.45, 2.75) is 45.1 Å². The lowest BCUT2D eigenvalue weighted by Gasteiger charge is -2.30. The highest BCUT2D eigenvalue weighted by Crippen LogP contribution is 2.32. The molecule has 17 heavy (non-hydrogen) atoms. The minimum Gasteiger partial charge on any atom is -0.392 e. The predicted octanol–water partition coefficient (Wildman–Crippen LogP) is 4.07. The topological polar surface area (TPSA) is 20.2 Å². The number of benzene rings is 1. The highest BCUT2D eigenvalue weighted by Gasteiger charge is 2.24. The molecule has 0 amide bonds. The second kappa shape index (κ2) is 5.88. The Balaban J connectivity index is 1.93. The number of aliphatic hydroxyl groups is 1. The van der Waals surface area contributed by atoms with Gasteiger partial charge < -0.3 is 5.11 Å². The summed E-state index contributed by atoms with van der Waals surface area (Å²) in [6.45, 7) is 2.30. The summed E-state index contributed by atoms with van der Waals surface area (Å²) in [4.78, 5) is 0. The zero-order valence-electron chi connectivity index (χ0n) is 10.4. The molecule has 2 rings (SSSR count). The van der Waals surface area contributed by atoms with Crippen molar-refractivity contribution in [1.29, 1.82) is 0 Å². The molecule has 1 nitrogen and oxygen atoms in total. The number of hydrogen-bond donors (Lipinski definition) is 1. The van der Waals surface area contributed by atoms with Crippen molar-refractivity contribution in [3.63, 3.8) is 0 Å². The average Bonchev–Trinajstić information content (AvgIpc) is 2.33. The van der Waals surface area contributed by atoms with E-state index in [1.165, 1.54) is 12.8 Å². The van der Waals surface area contributed by atoms with Gasteiger partial charge in [-0.1, -0.05) is 49.6 Å². The van der Waals surface area contributed by atoms with Gasteiger partial charge in [-0.3, -0.25) is 0 Å². The average molecular weight is 253 g/mol. The third-order valence-corrected chi connectivity index (χ3v) is 4.36. The molecule has 0 spiro atoms. The van der Waals surface area contributed by atoms with Gasteiger partial charge in [0.15, 0.2) is 0 Å². The van der Waals surface area contributed by atoms with E-state index in [4.69, 9.17) is 11.6 Å². The van der Waals surface area contributed by atoms with E-state index in [0.29, 0.717) is 12.3 Å². The van der Waals surface area contributed by atoms with Crippen LogP contribution in [0, 0.1) is 11.8 Å². The minimum atomic E-state index is -0.234. The molecule has 1 aliphatic rings. The maximum atomic E-state index is 10.3. The minimum absolute atomic E-state index is 0.234. The second-order valence-corrected chi connectivity index (χ2v) is 5.79. The van der Waals surface area contributed by atoms with Crippen LogP contribution in [-0.4, -0.2) is 11.2 Å². The third-order valence-electron chi connectivity index (χ3n) is 3.99. The first-order valence-corrected chi connectivity index (χ1v) is 6.96. The van der Waals surface area contributed by atoms with Crippen molar-refractivity contribution in [3.05, 3.63) is 34.9 Å². The molecule has 0 heterocycles. The molecule has 1 N–H and O–H groups in total. The van der Waals surface area contributed by atoms with Crippen LogP contribution in [0.15, 0.2) is 24.3 Å². The standard InChI is InChI=1S/C15H21ClO/c1-11-6-8-12(9-7-11)15(17)10-13-4-2-3-5-14(13)16/h2-5,11-12,15,17H,6-10H2,1H3. The molecule has 2 heteroatoms. The van der Waals surface area contributed by atoms with Gasteiger partial charge >= 0.3 is 0 Å².